The van der Waals surface area contributed by atoms with E-state index in [1.54, 1.807) is 31.2 Å². The number of nitrogens with zero attached hydrogens (tertiary/aromatic N) is 1. The molecule has 1 nitrogen and oxygen atoms in total. The summed E-state index contributed by atoms with van der Waals surface area (Å²) < 4.78 is 37.4. The van der Waals surface area contributed by atoms with Gasteiger partial charge in [-0.15, -0.1) is 0 Å². The predicted molar refractivity (Wildman–Crippen MR) is 74.8 cm³/mol. The second-order valence-electron chi connectivity index (χ2n) is 4.25. The Balaban J connectivity index is 2.25. The molecule has 0 N–H and O–H groups in total. The molecule has 0 bridgehead atoms. The smallest absolute Gasteiger partial charge is 0.253 e. The van der Waals surface area contributed by atoms with Gasteiger partial charge in [0.1, 0.15) is 0 Å². The summed E-state index contributed by atoms with van der Waals surface area (Å²) in [6, 6.07) is 11.8. The first kappa shape index (κ1) is 14.6. The number of hydrogen-bond donors (Lipinski definition) is 0. The Morgan fingerprint density at radius 1 is 0.950 bits per heavy atom. The molecule has 2 aromatic carbocycles. The highest BCUT2D eigenvalue weighted by molar-refractivity contribution is 6.30. The third-order valence-corrected chi connectivity index (χ3v) is 3.01. The lowest BCUT2D eigenvalue weighted by Gasteiger charge is -2.07. The molecule has 0 radical (unpaired) electrons. The van der Waals surface area contributed by atoms with Crippen molar-refractivity contribution < 1.29 is 13.2 Å². The van der Waals surface area contributed by atoms with Crippen LogP contribution in [0.3, 0.4) is 0 Å². The van der Waals surface area contributed by atoms with Crippen LogP contribution in [0.4, 0.5) is 18.9 Å². The van der Waals surface area contributed by atoms with Gasteiger partial charge in [0.25, 0.3) is 0 Å². The fourth-order valence-electron chi connectivity index (χ4n) is 1.67. The van der Waals surface area contributed by atoms with Gasteiger partial charge in [-0.3, -0.25) is 4.99 Å². The van der Waals surface area contributed by atoms with Crippen LogP contribution in [0, 0.1) is 0 Å². The minimum Gasteiger partial charge on any atom is -0.253 e. The maximum Gasteiger partial charge on any atom is 0.416 e. The fraction of sp³-hybridized carbons (Fsp3) is 0.133. The van der Waals surface area contributed by atoms with Gasteiger partial charge in [-0.25, -0.2) is 0 Å². The van der Waals surface area contributed by atoms with E-state index in [4.69, 9.17) is 11.6 Å². The summed E-state index contributed by atoms with van der Waals surface area (Å²) in [7, 11) is 0. The van der Waals surface area contributed by atoms with E-state index in [0.29, 0.717) is 22.0 Å². The second kappa shape index (κ2) is 5.67. The van der Waals surface area contributed by atoms with Gasteiger partial charge < -0.3 is 0 Å². The van der Waals surface area contributed by atoms with Crippen LogP contribution < -0.4 is 0 Å². The number of benzene rings is 2. The summed E-state index contributed by atoms with van der Waals surface area (Å²) in [6.45, 7) is 1.75. The molecular weight excluding hydrogens is 287 g/mol. The molecule has 0 unspecified atom stereocenters. The zero-order chi connectivity index (χ0) is 14.8. The van der Waals surface area contributed by atoms with Crippen LogP contribution in [-0.4, -0.2) is 5.71 Å². The predicted octanol–water partition coefficient (Wildman–Crippen LogP) is 5.50. The van der Waals surface area contributed by atoms with E-state index < -0.39 is 11.7 Å². The zero-order valence-electron chi connectivity index (χ0n) is 10.6. The van der Waals surface area contributed by atoms with Crippen LogP contribution >= 0.6 is 11.6 Å². The van der Waals surface area contributed by atoms with Gasteiger partial charge in [-0.05, 0) is 48.9 Å². The normalized spacial score (nSPS) is 12.6. The van der Waals surface area contributed by atoms with Crippen molar-refractivity contribution in [3.63, 3.8) is 0 Å². The van der Waals surface area contributed by atoms with Crippen LogP contribution in [0.1, 0.15) is 18.1 Å². The van der Waals surface area contributed by atoms with Crippen LogP contribution in [0.15, 0.2) is 53.5 Å². The maximum absolute atomic E-state index is 12.5. The summed E-state index contributed by atoms with van der Waals surface area (Å²) in [5.74, 6) is 0. The number of halogens is 4. The van der Waals surface area contributed by atoms with E-state index in [2.05, 4.69) is 4.99 Å². The summed E-state index contributed by atoms with van der Waals surface area (Å²) in [6.07, 6.45) is -4.32. The molecule has 2 rings (SSSR count). The van der Waals surface area contributed by atoms with Gasteiger partial charge in [0.05, 0.1) is 11.3 Å². The molecule has 0 saturated carbocycles. The molecule has 0 aliphatic carbocycles. The number of alkyl halides is 3. The molecule has 0 aromatic heterocycles. The number of rotatable bonds is 2. The Labute approximate surface area is 119 Å². The average molecular weight is 298 g/mol. The van der Waals surface area contributed by atoms with Gasteiger partial charge >= 0.3 is 6.18 Å². The summed E-state index contributed by atoms with van der Waals surface area (Å²) in [5, 5.41) is 0.608. The topological polar surface area (TPSA) is 12.4 Å². The molecule has 2 aromatic rings. The van der Waals surface area contributed by atoms with Crippen molar-refractivity contribution in [1.82, 2.24) is 0 Å². The van der Waals surface area contributed by atoms with E-state index >= 15 is 0 Å². The van der Waals surface area contributed by atoms with Crippen molar-refractivity contribution >= 4 is 23.0 Å². The van der Waals surface area contributed by atoms with Crippen LogP contribution in [0.25, 0.3) is 0 Å². The van der Waals surface area contributed by atoms with Crippen molar-refractivity contribution in [2.75, 3.05) is 0 Å². The molecular formula is C15H11ClF3N. The van der Waals surface area contributed by atoms with Gasteiger partial charge in [0, 0.05) is 10.7 Å². The number of aliphatic imine (C=N–C) groups is 1. The summed E-state index contributed by atoms with van der Waals surface area (Å²) in [4.78, 5) is 4.34. The molecule has 5 heteroatoms. The molecule has 0 aliphatic rings. The quantitative estimate of drug-likeness (QED) is 0.649. The van der Waals surface area contributed by atoms with E-state index in [1.807, 2.05) is 0 Å². The lowest BCUT2D eigenvalue weighted by molar-refractivity contribution is -0.137. The van der Waals surface area contributed by atoms with Crippen LogP contribution in [-0.2, 0) is 6.18 Å². The molecule has 0 saturated heterocycles. The minimum atomic E-state index is -4.32. The highest BCUT2D eigenvalue weighted by Crippen LogP contribution is 2.29. The molecule has 0 fully saturated rings. The summed E-state index contributed by atoms with van der Waals surface area (Å²) >= 11 is 5.77. The SMILES string of the molecule is CC(=Nc1ccc(Cl)cc1)c1ccc(C(F)(F)F)cc1. The summed E-state index contributed by atoms with van der Waals surface area (Å²) in [5.41, 5.74) is 1.32. The first-order valence-corrected chi connectivity index (χ1v) is 6.22. The molecule has 104 valence electrons. The second-order valence-corrected chi connectivity index (χ2v) is 4.69. The van der Waals surface area contributed by atoms with Crippen molar-refractivity contribution in [3.05, 3.63) is 64.7 Å². The number of hydrogen-bond acceptors (Lipinski definition) is 1. The van der Waals surface area contributed by atoms with E-state index in [1.165, 1.54) is 12.1 Å². The fourth-order valence-corrected chi connectivity index (χ4v) is 1.80. The molecule has 0 atom stereocenters. The van der Waals surface area contributed by atoms with E-state index in [0.717, 1.165) is 12.1 Å². The Morgan fingerprint density at radius 2 is 1.50 bits per heavy atom. The minimum absolute atomic E-state index is 0.608. The first-order chi connectivity index (χ1) is 9.36. The van der Waals surface area contributed by atoms with Gasteiger partial charge in [0.2, 0.25) is 0 Å². The van der Waals surface area contributed by atoms with Crippen LogP contribution in [0.5, 0.6) is 0 Å². The molecule has 0 spiro atoms. The van der Waals surface area contributed by atoms with Crippen molar-refractivity contribution in [2.45, 2.75) is 13.1 Å². The standard InChI is InChI=1S/C15H11ClF3N/c1-10(20-14-8-6-13(16)7-9-14)11-2-4-12(5-3-11)15(17,18)19/h2-9H,1H3. The largest absolute Gasteiger partial charge is 0.416 e. The van der Waals surface area contributed by atoms with Crippen molar-refractivity contribution in [2.24, 2.45) is 4.99 Å². The molecule has 20 heavy (non-hydrogen) atoms. The average Bonchev–Trinajstić information content (AvgIpc) is 2.40. The van der Waals surface area contributed by atoms with Gasteiger partial charge in [-0.1, -0.05) is 23.7 Å². The van der Waals surface area contributed by atoms with Gasteiger partial charge in [0.15, 0.2) is 0 Å². The van der Waals surface area contributed by atoms with E-state index in [-0.39, 0.29) is 0 Å². The van der Waals surface area contributed by atoms with Gasteiger partial charge in [-0.2, -0.15) is 13.2 Å². The Morgan fingerprint density at radius 3 is 2.00 bits per heavy atom. The molecule has 0 heterocycles. The monoisotopic (exact) mass is 297 g/mol. The Hall–Kier alpha value is -1.81. The molecule has 0 aliphatic heterocycles. The highest BCUT2D eigenvalue weighted by atomic mass is 35.5. The third-order valence-electron chi connectivity index (χ3n) is 2.75. The highest BCUT2D eigenvalue weighted by Gasteiger charge is 2.29. The van der Waals surface area contributed by atoms with Crippen molar-refractivity contribution in [3.8, 4) is 0 Å². The van der Waals surface area contributed by atoms with Crippen molar-refractivity contribution in [1.29, 1.82) is 0 Å². The maximum atomic E-state index is 12.5. The lowest BCUT2D eigenvalue weighted by atomic mass is 10.1. The van der Waals surface area contributed by atoms with Crippen LogP contribution in [0.2, 0.25) is 5.02 Å². The third kappa shape index (κ3) is 3.61. The zero-order valence-corrected chi connectivity index (χ0v) is 11.3. The Bertz CT molecular complexity index is 613. The lowest BCUT2D eigenvalue weighted by Crippen LogP contribution is -2.05. The molecule has 0 amide bonds. The van der Waals surface area contributed by atoms with E-state index in [9.17, 15) is 13.2 Å². The first-order valence-electron chi connectivity index (χ1n) is 5.85. The Kier molecular flexibility index (Phi) is 4.14.